The second kappa shape index (κ2) is 5.03. The molecule has 0 amide bonds. The highest BCUT2D eigenvalue weighted by Gasteiger charge is 2.17. The van der Waals surface area contributed by atoms with E-state index in [-0.39, 0.29) is 5.56 Å². The molecule has 0 radical (unpaired) electrons. The summed E-state index contributed by atoms with van der Waals surface area (Å²) in [5.41, 5.74) is 2.35. The van der Waals surface area contributed by atoms with Gasteiger partial charge in [0.25, 0.3) is 0 Å². The lowest BCUT2D eigenvalue weighted by Gasteiger charge is -2.04. The zero-order valence-corrected chi connectivity index (χ0v) is 12.8. The van der Waals surface area contributed by atoms with E-state index in [4.69, 9.17) is 0 Å². The van der Waals surface area contributed by atoms with E-state index in [2.05, 4.69) is 20.4 Å². The maximum Gasteiger partial charge on any atom is 0.337 e. The van der Waals surface area contributed by atoms with Crippen molar-refractivity contribution in [1.82, 2.24) is 19.6 Å². The highest BCUT2D eigenvalue weighted by molar-refractivity contribution is 7.22. The summed E-state index contributed by atoms with van der Waals surface area (Å²) in [6.07, 6.45) is 2.87. The lowest BCUT2D eigenvalue weighted by molar-refractivity contribution is 0.0696. The SMILES string of the molecule is Cc1c(C(=O)O)cn2ncnc(Nc3nc4ccccc4s3)c12. The van der Waals surface area contributed by atoms with Gasteiger partial charge in [-0.1, -0.05) is 23.5 Å². The Morgan fingerprint density at radius 1 is 1.35 bits per heavy atom. The van der Waals surface area contributed by atoms with Gasteiger partial charge in [-0.15, -0.1) is 0 Å². The molecule has 114 valence electrons. The number of carboxylic acids is 1. The van der Waals surface area contributed by atoms with Crippen LogP contribution >= 0.6 is 11.3 Å². The van der Waals surface area contributed by atoms with Crippen molar-refractivity contribution in [1.29, 1.82) is 0 Å². The topological polar surface area (TPSA) is 92.4 Å². The van der Waals surface area contributed by atoms with Crippen molar-refractivity contribution in [3.05, 3.63) is 47.9 Å². The first kappa shape index (κ1) is 13.6. The second-order valence-electron chi connectivity index (χ2n) is 4.99. The number of aromatic carboxylic acids is 1. The molecule has 1 aromatic carbocycles. The number of benzene rings is 1. The predicted molar refractivity (Wildman–Crippen MR) is 87.6 cm³/mol. The Hall–Kier alpha value is -3.00. The van der Waals surface area contributed by atoms with E-state index in [9.17, 15) is 9.90 Å². The molecular formula is C15H11N5O2S. The molecule has 0 aliphatic rings. The van der Waals surface area contributed by atoms with Crippen LogP contribution in [-0.2, 0) is 0 Å². The molecule has 4 aromatic rings. The third-order valence-corrected chi connectivity index (χ3v) is 4.53. The van der Waals surface area contributed by atoms with Gasteiger partial charge < -0.3 is 10.4 Å². The minimum absolute atomic E-state index is 0.206. The molecular weight excluding hydrogens is 314 g/mol. The Morgan fingerprint density at radius 2 is 2.17 bits per heavy atom. The van der Waals surface area contributed by atoms with E-state index in [0.29, 0.717) is 22.0 Å². The quantitative estimate of drug-likeness (QED) is 0.601. The molecule has 0 unspecified atom stereocenters. The van der Waals surface area contributed by atoms with Crippen molar-refractivity contribution in [3.63, 3.8) is 0 Å². The lowest BCUT2D eigenvalue weighted by atomic mass is 10.2. The highest BCUT2D eigenvalue weighted by atomic mass is 32.1. The standard InChI is InChI=1S/C15H11N5O2S/c1-8-9(14(21)22)6-20-12(8)13(16-7-17-20)19-15-18-10-4-2-3-5-11(10)23-15/h2-7H,1H3,(H,21,22)(H,16,17,18,19). The summed E-state index contributed by atoms with van der Waals surface area (Å²) in [6, 6.07) is 7.84. The number of aromatic nitrogens is 4. The molecule has 0 aliphatic carbocycles. The predicted octanol–water partition coefficient (Wildman–Crippen LogP) is 3.09. The molecule has 0 saturated carbocycles. The summed E-state index contributed by atoms with van der Waals surface area (Å²) in [5.74, 6) is -0.456. The van der Waals surface area contributed by atoms with Crippen molar-refractivity contribution >= 4 is 44.0 Å². The lowest BCUT2D eigenvalue weighted by Crippen LogP contribution is -1.99. The number of rotatable bonds is 3. The minimum atomic E-state index is -0.987. The van der Waals surface area contributed by atoms with Gasteiger partial charge in [-0.05, 0) is 24.6 Å². The number of hydrogen-bond donors (Lipinski definition) is 2. The molecule has 7 nitrogen and oxygen atoms in total. The molecule has 2 N–H and O–H groups in total. The average Bonchev–Trinajstić information content (AvgIpc) is 3.08. The first-order valence-corrected chi connectivity index (χ1v) is 7.64. The number of fused-ring (bicyclic) bond motifs is 2. The number of hydrogen-bond acceptors (Lipinski definition) is 6. The number of para-hydroxylation sites is 1. The van der Waals surface area contributed by atoms with Crippen molar-refractivity contribution in [2.45, 2.75) is 6.92 Å². The van der Waals surface area contributed by atoms with Crippen LogP contribution in [0.3, 0.4) is 0 Å². The maximum atomic E-state index is 11.3. The van der Waals surface area contributed by atoms with E-state index in [1.165, 1.54) is 28.4 Å². The molecule has 23 heavy (non-hydrogen) atoms. The number of thiazole rings is 1. The average molecular weight is 325 g/mol. The smallest absolute Gasteiger partial charge is 0.337 e. The van der Waals surface area contributed by atoms with Gasteiger partial charge >= 0.3 is 5.97 Å². The van der Waals surface area contributed by atoms with Crippen LogP contribution in [0.2, 0.25) is 0 Å². The van der Waals surface area contributed by atoms with Crippen LogP contribution in [-0.4, -0.2) is 30.7 Å². The monoisotopic (exact) mass is 325 g/mol. The molecule has 0 spiro atoms. The fourth-order valence-electron chi connectivity index (χ4n) is 2.49. The summed E-state index contributed by atoms with van der Waals surface area (Å²) in [7, 11) is 0. The van der Waals surface area contributed by atoms with Crippen molar-refractivity contribution in [2.24, 2.45) is 0 Å². The summed E-state index contributed by atoms with van der Waals surface area (Å²) in [6.45, 7) is 1.74. The Kier molecular flexibility index (Phi) is 2.98. The molecule has 0 saturated heterocycles. The minimum Gasteiger partial charge on any atom is -0.478 e. The van der Waals surface area contributed by atoms with Gasteiger partial charge in [0.2, 0.25) is 0 Å². The Bertz CT molecular complexity index is 1020. The highest BCUT2D eigenvalue weighted by Crippen LogP contribution is 2.30. The van der Waals surface area contributed by atoms with Crippen LogP contribution in [0.4, 0.5) is 10.9 Å². The first-order chi connectivity index (χ1) is 11.1. The van der Waals surface area contributed by atoms with Crippen LogP contribution in [0.5, 0.6) is 0 Å². The molecule has 8 heteroatoms. The van der Waals surface area contributed by atoms with Gasteiger partial charge in [0.15, 0.2) is 10.9 Å². The molecule has 0 atom stereocenters. The molecule has 0 bridgehead atoms. The second-order valence-corrected chi connectivity index (χ2v) is 6.02. The molecule has 0 aliphatic heterocycles. The maximum absolute atomic E-state index is 11.3. The van der Waals surface area contributed by atoms with Crippen LogP contribution in [0.1, 0.15) is 15.9 Å². The zero-order valence-electron chi connectivity index (χ0n) is 12.0. The molecule has 0 fully saturated rings. The fourth-order valence-corrected chi connectivity index (χ4v) is 3.36. The van der Waals surface area contributed by atoms with Gasteiger partial charge in [0.1, 0.15) is 11.8 Å². The number of aryl methyl sites for hydroxylation is 1. The van der Waals surface area contributed by atoms with Crippen LogP contribution in [0, 0.1) is 6.92 Å². The van der Waals surface area contributed by atoms with Crippen molar-refractivity contribution < 1.29 is 9.90 Å². The van der Waals surface area contributed by atoms with Crippen molar-refractivity contribution in [3.8, 4) is 0 Å². The van der Waals surface area contributed by atoms with E-state index in [1.807, 2.05) is 24.3 Å². The summed E-state index contributed by atoms with van der Waals surface area (Å²) in [4.78, 5) is 20.0. The van der Waals surface area contributed by atoms with Crippen LogP contribution in [0.25, 0.3) is 15.7 Å². The van der Waals surface area contributed by atoms with Crippen LogP contribution < -0.4 is 5.32 Å². The number of nitrogens with one attached hydrogen (secondary N) is 1. The van der Waals surface area contributed by atoms with Gasteiger partial charge in [-0.2, -0.15) is 5.10 Å². The third kappa shape index (κ3) is 2.20. The number of nitrogens with zero attached hydrogens (tertiary/aromatic N) is 4. The molecule has 3 heterocycles. The van der Waals surface area contributed by atoms with Gasteiger partial charge in [-0.3, -0.25) is 0 Å². The molecule has 4 rings (SSSR count). The van der Waals surface area contributed by atoms with Gasteiger partial charge in [0, 0.05) is 6.20 Å². The largest absolute Gasteiger partial charge is 0.478 e. The van der Waals surface area contributed by atoms with Gasteiger partial charge in [0.05, 0.1) is 15.8 Å². The van der Waals surface area contributed by atoms with Crippen molar-refractivity contribution in [2.75, 3.05) is 5.32 Å². The van der Waals surface area contributed by atoms with E-state index in [1.54, 1.807) is 6.92 Å². The Morgan fingerprint density at radius 3 is 2.96 bits per heavy atom. The van der Waals surface area contributed by atoms with Crippen LogP contribution in [0.15, 0.2) is 36.8 Å². The summed E-state index contributed by atoms with van der Waals surface area (Å²) >= 11 is 1.51. The number of carbonyl (C=O) groups is 1. The first-order valence-electron chi connectivity index (χ1n) is 6.82. The fraction of sp³-hybridized carbons (Fsp3) is 0.0667. The van der Waals surface area contributed by atoms with E-state index < -0.39 is 5.97 Å². The normalized spacial score (nSPS) is 11.2. The van der Waals surface area contributed by atoms with Gasteiger partial charge in [-0.25, -0.2) is 19.3 Å². The van der Waals surface area contributed by atoms with E-state index >= 15 is 0 Å². The Labute approximate surface area is 134 Å². The molecule has 3 aromatic heterocycles. The third-order valence-electron chi connectivity index (χ3n) is 3.58. The zero-order chi connectivity index (χ0) is 16.0. The number of anilines is 2. The van der Waals surface area contributed by atoms with E-state index in [0.717, 1.165) is 10.2 Å². The Balaban J connectivity index is 1.83. The summed E-state index contributed by atoms with van der Waals surface area (Å²) in [5, 5.41) is 17.2. The number of carboxylic acid groups (broad SMARTS) is 1. The summed E-state index contributed by atoms with van der Waals surface area (Å²) < 4.78 is 2.58.